The van der Waals surface area contributed by atoms with Gasteiger partial charge in [0.15, 0.2) is 0 Å². The molecule has 7 aliphatic carbocycles. The molecule has 7 heterocycles. The van der Waals surface area contributed by atoms with Gasteiger partial charge in [-0.25, -0.2) is 0 Å². The molecular weight excluding hydrogens is 1450 g/mol. The van der Waals surface area contributed by atoms with Crippen molar-refractivity contribution in [2.75, 3.05) is 49.1 Å². The first-order valence-electron chi connectivity index (χ1n) is 47.4. The number of nitrogens with zero attached hydrogens (tertiary/aromatic N) is 2. The first-order chi connectivity index (χ1) is 58.1. The molecular formula is C109H140N8O2. The summed E-state index contributed by atoms with van der Waals surface area (Å²) < 4.78 is 12.2. The third-order valence-corrected chi connectivity index (χ3v) is 29.6. The third-order valence-electron chi connectivity index (χ3n) is 29.6. The summed E-state index contributed by atoms with van der Waals surface area (Å²) in [5.41, 5.74) is 28.8. The van der Waals surface area contributed by atoms with Crippen LogP contribution in [0.4, 0.5) is 11.4 Å². The number of aryl methyl sites for hydroxylation is 6. The van der Waals surface area contributed by atoms with Gasteiger partial charge in [0.1, 0.15) is 11.5 Å². The maximum atomic E-state index is 6.35. The lowest BCUT2D eigenvalue weighted by Gasteiger charge is -2.43. The highest BCUT2D eigenvalue weighted by atomic mass is 16.5. The average molecular weight is 1590 g/mol. The number of fused-ring (bicyclic) bond motifs is 15. The van der Waals surface area contributed by atoms with Crippen molar-refractivity contribution in [1.82, 2.24) is 30.9 Å². The lowest BCUT2D eigenvalue weighted by Crippen LogP contribution is -2.46. The number of ether oxygens (including phenoxy) is 2. The number of aromatic amines is 3. The molecule has 119 heavy (non-hydrogen) atoms. The Hall–Kier alpha value is -8.54. The van der Waals surface area contributed by atoms with Crippen molar-refractivity contribution in [3.63, 3.8) is 0 Å². The molecule has 10 nitrogen and oxygen atoms in total. The van der Waals surface area contributed by atoms with Gasteiger partial charge in [0.2, 0.25) is 0 Å². The summed E-state index contributed by atoms with van der Waals surface area (Å²) >= 11 is 0. The van der Waals surface area contributed by atoms with E-state index >= 15 is 0 Å². The fraction of sp³-hybridized carbons (Fsp3) is 0.505. The minimum atomic E-state index is 0. The van der Waals surface area contributed by atoms with Gasteiger partial charge in [-0.1, -0.05) is 173 Å². The van der Waals surface area contributed by atoms with Gasteiger partial charge in [0, 0.05) is 116 Å². The largest absolute Gasteiger partial charge is 0.494 e. The summed E-state index contributed by atoms with van der Waals surface area (Å²) in [7, 11) is 0. The van der Waals surface area contributed by atoms with Crippen LogP contribution in [0, 0.1) is 38.5 Å². The van der Waals surface area contributed by atoms with E-state index in [0.717, 1.165) is 92.3 Å². The van der Waals surface area contributed by atoms with Gasteiger partial charge >= 0.3 is 0 Å². The van der Waals surface area contributed by atoms with Crippen molar-refractivity contribution in [1.29, 1.82) is 0 Å². The van der Waals surface area contributed by atoms with E-state index in [1.807, 2.05) is 12.1 Å². The molecule has 2 saturated heterocycles. The molecule has 8 aromatic carbocycles. The third kappa shape index (κ3) is 18.6. The van der Waals surface area contributed by atoms with Gasteiger partial charge in [-0.2, -0.15) is 0 Å². The van der Waals surface area contributed by atoms with Crippen LogP contribution < -0.4 is 35.2 Å². The van der Waals surface area contributed by atoms with Crippen molar-refractivity contribution in [2.24, 2.45) is 17.8 Å². The normalized spacial score (nSPS) is 23.4. The standard InChI is InChI=1S/C23H28N2O.C23H28N2.C21H24N2.C21H29NO.C20H27N.CH4/c1-16-7-10-18(11-8-16)26-14-4-13-24-22-6-3-5-19-20-15-17(2)9-12-21(20)25-23(19)22;1-16-11-12-21-20(14-16)19-9-6-10-22(23(19)25-21)24-15-17(2)13-18-7-4-3-5-8-18;1-2-13-22-20-10-6-9-17-18-14-16(15-7-4-3-5-8-15)11-12-19(18)23-21(17)20;1-2-8-16(9-3-1)23-17-11-12-20-19(14-17)18-10-4-6-15-7-5-13-22(20)21(15)18;1-2-6-14(5-1)16-10-11-19-18(13-16)17-9-3-7-15-8-4-12-21(19)20(15)17;/h7-12,15,22,24-25H,3-6,13-14H2,1-2H3;3-5,7-8,11-12,14,17,22,24-25H,6,9-10,13,15H2,1-2H3;3-5,7-8,11-12,14,20,22-23H,2,6,9-10,13H2,1H3;11-12,14-16,18,21H,1-10,13H2;10-11,13-15,17,20H,1-9,12H2;1H4. The van der Waals surface area contributed by atoms with Gasteiger partial charge in [0.25, 0.3) is 0 Å². The van der Waals surface area contributed by atoms with Crippen LogP contribution in [0.25, 0.3) is 43.8 Å². The monoisotopic (exact) mass is 1590 g/mol. The molecule has 0 spiro atoms. The fourth-order valence-electron chi connectivity index (χ4n) is 23.8. The number of H-pyrrole nitrogens is 3. The van der Waals surface area contributed by atoms with E-state index in [1.165, 1.54) is 305 Å². The van der Waals surface area contributed by atoms with E-state index in [9.17, 15) is 0 Å². The zero-order valence-electron chi connectivity index (χ0n) is 72.0. The van der Waals surface area contributed by atoms with Crippen LogP contribution in [-0.4, -0.2) is 72.5 Å². The molecule has 10 atom stereocenters. The molecule has 6 N–H and O–H groups in total. The second kappa shape index (κ2) is 38.7. The van der Waals surface area contributed by atoms with E-state index in [4.69, 9.17) is 9.47 Å². The SMILES string of the molecule is C.CCCNC1CCCc2c1[nH]c1ccc(-c3ccccc3)cc21.Cc1ccc(OCCCNC2CCCc3c2[nH]c2ccc(C)cc32)cc1.Cc1ccc2[nH]c3c(c2c1)CCCC3NCC(C)Cc1ccccc1.c1cc2c(cc1C1CCCC1)C1CCCC3CCCN2C31.c1cc2c(cc1OC1CCCCC1)C1CCCC3CCCN2C31. The van der Waals surface area contributed by atoms with Crippen LogP contribution >= 0.6 is 0 Å². The number of aromatic nitrogens is 3. The molecule has 4 saturated carbocycles. The lowest BCUT2D eigenvalue weighted by atomic mass is 9.72. The molecule has 0 amide bonds. The molecule has 22 rings (SSSR count). The van der Waals surface area contributed by atoms with Gasteiger partial charge in [-0.05, 0) is 354 Å². The highest BCUT2D eigenvalue weighted by Crippen LogP contribution is 2.56. The summed E-state index contributed by atoms with van der Waals surface area (Å²) in [5.74, 6) is 7.17. The highest BCUT2D eigenvalue weighted by Gasteiger charge is 2.48. The number of hydrogen-bond acceptors (Lipinski definition) is 7. The number of anilines is 2. The fourth-order valence-corrected chi connectivity index (χ4v) is 23.8. The molecule has 10 heteroatoms. The summed E-state index contributed by atoms with van der Waals surface area (Å²) in [6.07, 6.45) is 41.6. The van der Waals surface area contributed by atoms with Crippen LogP contribution in [-0.2, 0) is 25.7 Å². The van der Waals surface area contributed by atoms with E-state index in [2.05, 4.69) is 239 Å². The van der Waals surface area contributed by atoms with Crippen molar-refractivity contribution >= 4 is 44.1 Å². The Balaban J connectivity index is 0.000000106. The summed E-state index contributed by atoms with van der Waals surface area (Å²) in [4.78, 5) is 16.6. The van der Waals surface area contributed by atoms with Gasteiger partial charge in [-0.15, -0.1) is 0 Å². The smallest absolute Gasteiger partial charge is 0.120 e. The first kappa shape index (κ1) is 82.8. The number of hydrogen-bond donors (Lipinski definition) is 6. The predicted molar refractivity (Wildman–Crippen MR) is 501 cm³/mol. The van der Waals surface area contributed by atoms with E-state index in [0.29, 0.717) is 30.1 Å². The van der Waals surface area contributed by atoms with Crippen LogP contribution in [0.5, 0.6) is 11.5 Å². The Kier molecular flexibility index (Phi) is 26.9. The number of rotatable bonds is 18. The van der Waals surface area contributed by atoms with Crippen LogP contribution in [0.1, 0.15) is 303 Å². The molecule has 11 aliphatic rings. The van der Waals surface area contributed by atoms with E-state index < -0.39 is 0 Å². The molecule has 11 aromatic rings. The van der Waals surface area contributed by atoms with Crippen LogP contribution in [0.2, 0.25) is 0 Å². The quantitative estimate of drug-likeness (QED) is 0.0475. The van der Waals surface area contributed by atoms with Gasteiger partial charge in [-0.3, -0.25) is 0 Å². The Morgan fingerprint density at radius 3 is 1.52 bits per heavy atom. The lowest BCUT2D eigenvalue weighted by molar-refractivity contribution is 0.155. The van der Waals surface area contributed by atoms with Crippen molar-refractivity contribution in [2.45, 2.75) is 295 Å². The van der Waals surface area contributed by atoms with Crippen molar-refractivity contribution < 1.29 is 9.47 Å². The first-order valence-corrected chi connectivity index (χ1v) is 47.4. The second-order valence-electron chi connectivity index (χ2n) is 37.9. The number of nitrogens with one attached hydrogen (secondary N) is 6. The van der Waals surface area contributed by atoms with Crippen LogP contribution in [0.3, 0.4) is 0 Å². The molecule has 10 unspecified atom stereocenters. The van der Waals surface area contributed by atoms with E-state index in [-0.39, 0.29) is 7.43 Å². The molecule has 0 bridgehead atoms. The van der Waals surface area contributed by atoms with E-state index in [1.54, 1.807) is 22.4 Å². The maximum Gasteiger partial charge on any atom is 0.120 e. The predicted octanol–water partition coefficient (Wildman–Crippen LogP) is 26.9. The molecule has 0 radical (unpaired) electrons. The topological polar surface area (TPSA) is 108 Å². The minimum absolute atomic E-state index is 0. The molecule has 628 valence electrons. The van der Waals surface area contributed by atoms with Crippen LogP contribution in [0.15, 0.2) is 176 Å². The Labute approximate surface area is 713 Å². The zero-order valence-corrected chi connectivity index (χ0v) is 72.0. The van der Waals surface area contributed by atoms with Crippen molar-refractivity contribution in [3.05, 3.63) is 249 Å². The Morgan fingerprint density at radius 2 is 0.933 bits per heavy atom. The maximum absolute atomic E-state index is 6.35. The zero-order chi connectivity index (χ0) is 79.8. The molecule has 4 aliphatic heterocycles. The number of benzene rings is 8. The summed E-state index contributed by atoms with van der Waals surface area (Å²) in [5, 5.41) is 15.5. The Bertz CT molecular complexity index is 5110. The highest BCUT2D eigenvalue weighted by molar-refractivity contribution is 5.90. The molecule has 6 fully saturated rings. The summed E-state index contributed by atoms with van der Waals surface area (Å²) in [6, 6.07) is 67.8. The van der Waals surface area contributed by atoms with Gasteiger partial charge < -0.3 is 50.2 Å². The second-order valence-corrected chi connectivity index (χ2v) is 37.9. The average Bonchev–Trinajstić information content (AvgIpc) is 1.59. The summed E-state index contributed by atoms with van der Waals surface area (Å²) in [6.45, 7) is 17.5. The van der Waals surface area contributed by atoms with Gasteiger partial charge in [0.05, 0.1) is 12.7 Å². The van der Waals surface area contributed by atoms with Crippen molar-refractivity contribution in [3.8, 4) is 22.6 Å². The Morgan fingerprint density at radius 1 is 0.429 bits per heavy atom. The molecule has 3 aromatic heterocycles. The minimum Gasteiger partial charge on any atom is -0.494 e. The number of piperidine rings is 2.